The van der Waals surface area contributed by atoms with Crippen molar-refractivity contribution in [2.24, 2.45) is 5.41 Å². The second-order valence-corrected chi connectivity index (χ2v) is 5.87. The van der Waals surface area contributed by atoms with E-state index in [-0.39, 0.29) is 11.8 Å². The molecule has 0 atom stereocenters. The zero-order valence-corrected chi connectivity index (χ0v) is 11.0. The Kier molecular flexibility index (Phi) is 2.51. The van der Waals surface area contributed by atoms with Crippen LogP contribution in [0.5, 0.6) is 5.75 Å². The summed E-state index contributed by atoms with van der Waals surface area (Å²) in [7, 11) is 0. The van der Waals surface area contributed by atoms with Gasteiger partial charge >= 0.3 is 6.18 Å². The van der Waals surface area contributed by atoms with E-state index in [0.717, 1.165) is 36.5 Å². The summed E-state index contributed by atoms with van der Waals surface area (Å²) in [5, 5.41) is 6.73. The van der Waals surface area contributed by atoms with E-state index in [4.69, 9.17) is 4.74 Å². The molecule has 2 aromatic heterocycles. The third-order valence-corrected chi connectivity index (χ3v) is 4.20. The molecule has 2 aliphatic rings. The molecule has 112 valence electrons. The molecule has 0 bridgehead atoms. The molecule has 0 amide bonds. The Morgan fingerprint density at radius 3 is 2.71 bits per heavy atom. The lowest BCUT2D eigenvalue weighted by atomic mass is 9.63. The van der Waals surface area contributed by atoms with E-state index < -0.39 is 11.9 Å². The zero-order chi connectivity index (χ0) is 14.7. The number of rotatable bonds is 2. The highest BCUT2D eigenvalue weighted by molar-refractivity contribution is 5.41. The molecule has 8 heteroatoms. The van der Waals surface area contributed by atoms with Crippen LogP contribution in [0.1, 0.15) is 18.5 Å². The van der Waals surface area contributed by atoms with E-state index in [0.29, 0.717) is 11.2 Å². The Balaban J connectivity index is 1.51. The Hall–Kier alpha value is -1.83. The summed E-state index contributed by atoms with van der Waals surface area (Å²) in [5.41, 5.74) is -0.407. The van der Waals surface area contributed by atoms with E-state index in [1.54, 1.807) is 0 Å². The quantitative estimate of drug-likeness (QED) is 0.920. The van der Waals surface area contributed by atoms with Gasteiger partial charge in [0.1, 0.15) is 6.10 Å². The zero-order valence-electron chi connectivity index (χ0n) is 11.0. The van der Waals surface area contributed by atoms with Gasteiger partial charge in [-0.25, -0.2) is 9.50 Å². The van der Waals surface area contributed by atoms with Gasteiger partial charge in [0.25, 0.3) is 0 Å². The maximum absolute atomic E-state index is 12.6. The van der Waals surface area contributed by atoms with Crippen molar-refractivity contribution in [1.29, 1.82) is 0 Å². The van der Waals surface area contributed by atoms with Crippen LogP contribution >= 0.6 is 0 Å². The van der Waals surface area contributed by atoms with Gasteiger partial charge in [0.05, 0.1) is 12.4 Å². The number of aromatic nitrogens is 3. The van der Waals surface area contributed by atoms with Crippen molar-refractivity contribution in [2.75, 3.05) is 13.1 Å². The molecular weight excluding hydrogens is 285 g/mol. The lowest BCUT2D eigenvalue weighted by Crippen LogP contribution is -2.62. The number of nitrogens with zero attached hydrogens (tertiary/aromatic N) is 3. The second kappa shape index (κ2) is 4.09. The Bertz CT molecular complexity index is 684. The van der Waals surface area contributed by atoms with E-state index in [2.05, 4.69) is 15.4 Å². The molecule has 1 saturated heterocycles. The van der Waals surface area contributed by atoms with Crippen molar-refractivity contribution in [3.63, 3.8) is 0 Å². The third kappa shape index (κ3) is 2.14. The lowest BCUT2D eigenvalue weighted by molar-refractivity contribution is -0.141. The minimum absolute atomic E-state index is 0.115. The molecule has 5 nitrogen and oxygen atoms in total. The van der Waals surface area contributed by atoms with Crippen molar-refractivity contribution in [2.45, 2.75) is 25.1 Å². The Morgan fingerprint density at radius 1 is 1.33 bits per heavy atom. The first-order chi connectivity index (χ1) is 9.94. The van der Waals surface area contributed by atoms with Crippen LogP contribution in [0.4, 0.5) is 13.2 Å². The standard InChI is InChI=1S/C13H13F3N4O/c14-13(15,16)10-1-11-18-4-9(5-20(11)19-10)21-8-2-12(3-8)6-17-7-12/h1,4-5,8,17H,2-3,6-7H2. The first-order valence-corrected chi connectivity index (χ1v) is 6.74. The summed E-state index contributed by atoms with van der Waals surface area (Å²) in [6.07, 6.45) is 0.495. The summed E-state index contributed by atoms with van der Waals surface area (Å²) >= 11 is 0. The maximum atomic E-state index is 12.6. The molecule has 1 N–H and O–H groups in total. The van der Waals surface area contributed by atoms with Gasteiger partial charge in [-0.15, -0.1) is 0 Å². The molecule has 2 fully saturated rings. The van der Waals surface area contributed by atoms with Crippen LogP contribution in [0.3, 0.4) is 0 Å². The summed E-state index contributed by atoms with van der Waals surface area (Å²) < 4.78 is 44.6. The van der Waals surface area contributed by atoms with Crippen LogP contribution in [-0.2, 0) is 6.18 Å². The van der Waals surface area contributed by atoms with Gasteiger partial charge in [0.15, 0.2) is 17.1 Å². The minimum atomic E-state index is -4.47. The van der Waals surface area contributed by atoms with E-state index in [9.17, 15) is 13.2 Å². The lowest BCUT2D eigenvalue weighted by Gasteiger charge is -2.53. The number of nitrogens with one attached hydrogen (secondary N) is 1. The second-order valence-electron chi connectivity index (χ2n) is 5.87. The van der Waals surface area contributed by atoms with Crippen molar-refractivity contribution in [1.82, 2.24) is 19.9 Å². The molecule has 0 radical (unpaired) electrons. The van der Waals surface area contributed by atoms with E-state index >= 15 is 0 Å². The van der Waals surface area contributed by atoms with Gasteiger partial charge in [-0.05, 0) is 12.8 Å². The van der Waals surface area contributed by atoms with E-state index in [1.807, 2.05) is 0 Å². The molecule has 21 heavy (non-hydrogen) atoms. The number of hydrogen-bond donors (Lipinski definition) is 1. The molecule has 4 rings (SSSR count). The number of alkyl halides is 3. The highest BCUT2D eigenvalue weighted by atomic mass is 19.4. The number of hydrogen-bond acceptors (Lipinski definition) is 4. The molecule has 1 aliphatic carbocycles. The fourth-order valence-corrected chi connectivity index (χ4v) is 3.01. The van der Waals surface area contributed by atoms with Crippen molar-refractivity contribution in [3.8, 4) is 5.75 Å². The van der Waals surface area contributed by atoms with Crippen LogP contribution in [-0.4, -0.2) is 33.8 Å². The summed E-state index contributed by atoms with van der Waals surface area (Å²) in [4.78, 5) is 3.96. The maximum Gasteiger partial charge on any atom is 0.435 e. The molecule has 0 aromatic carbocycles. The smallest absolute Gasteiger partial charge is 0.435 e. The molecule has 1 saturated carbocycles. The van der Waals surface area contributed by atoms with Gasteiger partial charge in [0.2, 0.25) is 0 Å². The van der Waals surface area contributed by atoms with Crippen LogP contribution in [0.2, 0.25) is 0 Å². The summed E-state index contributed by atoms with van der Waals surface area (Å²) in [5.74, 6) is 0.450. The molecular formula is C13H13F3N4O. The Morgan fingerprint density at radius 2 is 2.10 bits per heavy atom. The van der Waals surface area contributed by atoms with Gasteiger partial charge in [-0.1, -0.05) is 0 Å². The van der Waals surface area contributed by atoms with Gasteiger partial charge in [0, 0.05) is 24.6 Å². The molecule has 3 heterocycles. The summed E-state index contributed by atoms with van der Waals surface area (Å²) in [6, 6.07) is 0.919. The van der Waals surface area contributed by atoms with Crippen molar-refractivity contribution < 1.29 is 17.9 Å². The molecule has 0 unspecified atom stereocenters. The fraction of sp³-hybridized carbons (Fsp3) is 0.538. The van der Waals surface area contributed by atoms with E-state index in [1.165, 1.54) is 12.4 Å². The van der Waals surface area contributed by atoms with Gasteiger partial charge in [-0.3, -0.25) is 0 Å². The third-order valence-electron chi connectivity index (χ3n) is 4.20. The van der Waals surface area contributed by atoms with Crippen LogP contribution in [0.15, 0.2) is 18.5 Å². The fourth-order valence-electron chi connectivity index (χ4n) is 3.01. The molecule has 1 spiro atoms. The number of halogens is 3. The number of ether oxygens (including phenoxy) is 1. The highest BCUT2D eigenvalue weighted by Crippen LogP contribution is 2.45. The van der Waals surface area contributed by atoms with Gasteiger partial charge < -0.3 is 10.1 Å². The SMILES string of the molecule is FC(F)(F)c1cc2ncc(OC3CC4(CNC4)C3)cn2n1. The highest BCUT2D eigenvalue weighted by Gasteiger charge is 2.49. The first kappa shape index (κ1) is 12.9. The minimum Gasteiger partial charge on any atom is -0.487 e. The van der Waals surface area contributed by atoms with Crippen LogP contribution in [0, 0.1) is 5.41 Å². The summed E-state index contributed by atoms with van der Waals surface area (Å²) in [6.45, 7) is 2.05. The predicted octanol–water partition coefficient (Wildman–Crippen LogP) is 1.88. The van der Waals surface area contributed by atoms with Crippen molar-refractivity contribution in [3.05, 3.63) is 24.2 Å². The normalized spacial score (nSPS) is 21.3. The average molecular weight is 298 g/mol. The largest absolute Gasteiger partial charge is 0.487 e. The first-order valence-electron chi connectivity index (χ1n) is 6.74. The van der Waals surface area contributed by atoms with Gasteiger partial charge in [-0.2, -0.15) is 18.3 Å². The average Bonchev–Trinajstić information content (AvgIpc) is 2.73. The van der Waals surface area contributed by atoms with Crippen molar-refractivity contribution >= 4 is 5.65 Å². The predicted molar refractivity (Wildman–Crippen MR) is 66.9 cm³/mol. The van der Waals surface area contributed by atoms with Crippen LogP contribution < -0.4 is 10.1 Å². The molecule has 2 aromatic rings. The van der Waals surface area contributed by atoms with Crippen LogP contribution in [0.25, 0.3) is 5.65 Å². The topological polar surface area (TPSA) is 51.5 Å². The molecule has 1 aliphatic heterocycles. The number of fused-ring (bicyclic) bond motifs is 1. The Labute approximate surface area is 118 Å². The monoisotopic (exact) mass is 298 g/mol.